The molecule has 2 fully saturated rings. The smallest absolute Gasteiger partial charge is 0.256 e. The summed E-state index contributed by atoms with van der Waals surface area (Å²) >= 11 is 6.46. The topological polar surface area (TPSA) is 139 Å². The highest BCUT2D eigenvalue weighted by Gasteiger charge is 2.29. The number of hydrogen-bond donors (Lipinski definition) is 1. The predicted molar refractivity (Wildman–Crippen MR) is 176 cm³/mol. The molecule has 1 saturated carbocycles. The van der Waals surface area contributed by atoms with E-state index in [-0.39, 0.29) is 12.0 Å². The lowest BCUT2D eigenvalue weighted by atomic mass is 9.90. The third-order valence-corrected chi connectivity index (χ3v) is 8.90. The highest BCUT2D eigenvalue weighted by molar-refractivity contribution is 6.32. The van der Waals surface area contributed by atoms with Crippen LogP contribution in [-0.4, -0.2) is 104 Å². The van der Waals surface area contributed by atoms with Crippen molar-refractivity contribution in [2.24, 2.45) is 5.92 Å². The Hall–Kier alpha value is -3.85. The van der Waals surface area contributed by atoms with Crippen LogP contribution in [0.3, 0.4) is 0 Å². The van der Waals surface area contributed by atoms with Crippen molar-refractivity contribution in [2.45, 2.75) is 64.3 Å². The summed E-state index contributed by atoms with van der Waals surface area (Å²) in [5, 5.41) is 20.0. The van der Waals surface area contributed by atoms with Crippen LogP contribution in [0.15, 0.2) is 43.1 Å². The number of tetrazole rings is 1. The minimum atomic E-state index is -0.205. The number of ether oxygens (including phenoxy) is 4. The summed E-state index contributed by atoms with van der Waals surface area (Å²) in [5.74, 6) is 1.75. The van der Waals surface area contributed by atoms with Crippen molar-refractivity contribution in [2.75, 3.05) is 51.9 Å². The van der Waals surface area contributed by atoms with Gasteiger partial charge in [0.2, 0.25) is 5.95 Å². The number of rotatable bonds is 14. The standard InChI is InChI=1S/C32H43ClN10O4/c1-22(19-44-3)20-46-31-29(18-43(38-31)27-7-5-26(6-8-27)41-10-12-45-13-11-41)37-32-34-15-25(16-35-32)24-4-9-28(33)30(14-24)47-23(2)17-42-21-36-39-40-42/h4,9,14-16,18,21-23,26-27H,5-8,10-13,17,19-20H2,1-3H3,(H,34,35,37)/t22?,23-,26?,27?/m0/s1. The molecule has 2 aliphatic rings. The highest BCUT2D eigenvalue weighted by atomic mass is 35.5. The molecule has 1 aromatic carbocycles. The van der Waals surface area contributed by atoms with Crippen LogP contribution >= 0.6 is 11.6 Å². The van der Waals surface area contributed by atoms with Crippen LogP contribution in [0.2, 0.25) is 5.02 Å². The fraction of sp³-hybridized carbons (Fsp3) is 0.562. The Morgan fingerprint density at radius 2 is 1.79 bits per heavy atom. The Labute approximate surface area is 279 Å². The van der Waals surface area contributed by atoms with Crippen LogP contribution in [0.25, 0.3) is 11.1 Å². The second kappa shape index (κ2) is 15.8. The molecule has 0 amide bonds. The Kier molecular flexibility index (Phi) is 11.1. The third kappa shape index (κ3) is 8.74. The number of aromatic nitrogens is 8. The van der Waals surface area contributed by atoms with E-state index in [1.54, 1.807) is 36.6 Å². The first-order chi connectivity index (χ1) is 22.9. The molecule has 47 heavy (non-hydrogen) atoms. The number of hydrogen-bond acceptors (Lipinski definition) is 12. The number of nitrogens with zero attached hydrogens (tertiary/aromatic N) is 9. The minimum Gasteiger partial charge on any atom is -0.487 e. The lowest BCUT2D eigenvalue weighted by molar-refractivity contribution is 0.00502. The van der Waals surface area contributed by atoms with Crippen LogP contribution in [0, 0.1) is 5.92 Å². The first kappa shape index (κ1) is 33.1. The molecule has 1 unspecified atom stereocenters. The molecule has 252 valence electrons. The molecule has 1 N–H and O–H groups in total. The summed E-state index contributed by atoms with van der Waals surface area (Å²) in [6.45, 7) is 9.31. The van der Waals surface area contributed by atoms with E-state index in [2.05, 4.69) is 47.3 Å². The van der Waals surface area contributed by atoms with Gasteiger partial charge >= 0.3 is 0 Å². The zero-order chi connectivity index (χ0) is 32.6. The van der Waals surface area contributed by atoms with Crippen LogP contribution in [0.5, 0.6) is 11.6 Å². The Morgan fingerprint density at radius 1 is 1.02 bits per heavy atom. The number of morpholine rings is 1. The molecule has 2 atom stereocenters. The van der Waals surface area contributed by atoms with E-state index in [0.717, 1.165) is 68.8 Å². The second-order valence-corrected chi connectivity index (χ2v) is 12.7. The third-order valence-electron chi connectivity index (χ3n) is 8.58. The number of benzene rings is 1. The van der Waals surface area contributed by atoms with Gasteiger partial charge in [-0.1, -0.05) is 24.6 Å². The molecule has 0 bridgehead atoms. The minimum absolute atomic E-state index is 0.205. The summed E-state index contributed by atoms with van der Waals surface area (Å²) < 4.78 is 26.8. The summed E-state index contributed by atoms with van der Waals surface area (Å²) in [6, 6.07) is 6.53. The first-order valence-corrected chi connectivity index (χ1v) is 16.6. The van der Waals surface area contributed by atoms with Gasteiger partial charge in [-0.2, -0.15) is 0 Å². The Bertz CT molecular complexity index is 1540. The molecule has 1 saturated heterocycles. The average Bonchev–Trinajstić information content (AvgIpc) is 3.76. The van der Waals surface area contributed by atoms with Crippen molar-refractivity contribution in [3.05, 3.63) is 48.1 Å². The SMILES string of the molecule is COCC(C)COc1nn(C2CCC(N3CCOCC3)CC2)cc1Nc1ncc(-c2ccc(Cl)c(O[C@@H](C)Cn3cnnn3)c2)cn1. The molecule has 4 heterocycles. The zero-order valence-electron chi connectivity index (χ0n) is 27.2. The van der Waals surface area contributed by atoms with E-state index in [1.165, 1.54) is 0 Å². The van der Waals surface area contributed by atoms with Gasteiger partial charge in [0, 0.05) is 50.1 Å². The van der Waals surface area contributed by atoms with Gasteiger partial charge in [0.25, 0.3) is 5.88 Å². The number of nitrogens with one attached hydrogen (secondary N) is 1. The molecule has 3 aromatic heterocycles. The normalized spacial score (nSPS) is 20.1. The molecular weight excluding hydrogens is 624 g/mol. The fourth-order valence-corrected chi connectivity index (χ4v) is 6.32. The molecular formula is C32H43ClN10O4. The monoisotopic (exact) mass is 666 g/mol. The van der Waals surface area contributed by atoms with Crippen LogP contribution in [-0.2, 0) is 16.0 Å². The van der Waals surface area contributed by atoms with Gasteiger partial charge in [0.1, 0.15) is 23.9 Å². The lowest BCUT2D eigenvalue weighted by Gasteiger charge is -2.38. The van der Waals surface area contributed by atoms with Gasteiger partial charge in [0.05, 0.1) is 50.2 Å². The average molecular weight is 667 g/mol. The van der Waals surface area contributed by atoms with Crippen molar-refractivity contribution >= 4 is 23.2 Å². The predicted octanol–water partition coefficient (Wildman–Crippen LogP) is 4.67. The van der Waals surface area contributed by atoms with E-state index < -0.39 is 0 Å². The number of halogens is 1. The zero-order valence-corrected chi connectivity index (χ0v) is 27.9. The summed E-state index contributed by atoms with van der Waals surface area (Å²) in [7, 11) is 1.70. The van der Waals surface area contributed by atoms with Crippen molar-refractivity contribution in [3.8, 4) is 22.8 Å². The van der Waals surface area contributed by atoms with Crippen LogP contribution in [0.1, 0.15) is 45.6 Å². The van der Waals surface area contributed by atoms with Gasteiger partial charge in [-0.05, 0) is 60.7 Å². The van der Waals surface area contributed by atoms with Gasteiger partial charge in [-0.15, -0.1) is 10.2 Å². The summed E-state index contributed by atoms with van der Waals surface area (Å²) in [4.78, 5) is 11.8. The molecule has 4 aromatic rings. The van der Waals surface area contributed by atoms with Crippen molar-refractivity contribution in [1.29, 1.82) is 0 Å². The molecule has 1 aliphatic heterocycles. The van der Waals surface area contributed by atoms with Crippen molar-refractivity contribution in [1.82, 2.24) is 44.9 Å². The maximum absolute atomic E-state index is 6.46. The molecule has 1 aliphatic carbocycles. The molecule has 6 rings (SSSR count). The summed E-state index contributed by atoms with van der Waals surface area (Å²) in [6.07, 6.45) is 11.3. The molecule has 0 spiro atoms. The lowest BCUT2D eigenvalue weighted by Crippen LogP contribution is -2.45. The van der Waals surface area contributed by atoms with Gasteiger partial charge in [-0.3, -0.25) is 9.58 Å². The van der Waals surface area contributed by atoms with Gasteiger partial charge < -0.3 is 24.3 Å². The van der Waals surface area contributed by atoms with Crippen molar-refractivity contribution in [3.63, 3.8) is 0 Å². The number of methoxy groups -OCH3 is 1. The maximum atomic E-state index is 6.46. The van der Waals surface area contributed by atoms with E-state index in [0.29, 0.717) is 54.4 Å². The first-order valence-electron chi connectivity index (χ1n) is 16.2. The second-order valence-electron chi connectivity index (χ2n) is 12.3. The van der Waals surface area contributed by atoms with Gasteiger partial charge in [-0.25, -0.2) is 14.6 Å². The van der Waals surface area contributed by atoms with Crippen molar-refractivity contribution < 1.29 is 18.9 Å². The van der Waals surface area contributed by atoms with Crippen LogP contribution < -0.4 is 14.8 Å². The molecule has 15 heteroatoms. The van der Waals surface area contributed by atoms with E-state index in [4.69, 9.17) is 35.6 Å². The van der Waals surface area contributed by atoms with E-state index in [1.807, 2.05) is 25.3 Å². The quantitative estimate of drug-likeness (QED) is 0.200. The maximum Gasteiger partial charge on any atom is 0.256 e. The van der Waals surface area contributed by atoms with Crippen LogP contribution in [0.4, 0.5) is 11.6 Å². The fourth-order valence-electron chi connectivity index (χ4n) is 6.16. The van der Waals surface area contributed by atoms with Gasteiger partial charge in [0.15, 0.2) is 0 Å². The highest BCUT2D eigenvalue weighted by Crippen LogP contribution is 2.35. The molecule has 0 radical (unpaired) electrons. The number of anilines is 2. The molecule has 14 nitrogen and oxygen atoms in total. The Morgan fingerprint density at radius 3 is 2.51 bits per heavy atom. The summed E-state index contributed by atoms with van der Waals surface area (Å²) in [5.41, 5.74) is 2.43. The Balaban J connectivity index is 1.13. The van der Waals surface area contributed by atoms with E-state index >= 15 is 0 Å². The largest absolute Gasteiger partial charge is 0.487 e. The van der Waals surface area contributed by atoms with E-state index in [9.17, 15) is 0 Å².